The van der Waals surface area contributed by atoms with Gasteiger partial charge in [0, 0.05) is 42.2 Å². The van der Waals surface area contributed by atoms with Gasteiger partial charge in [0.05, 0.1) is 11.7 Å². The monoisotopic (exact) mass is 376 g/mol. The van der Waals surface area contributed by atoms with E-state index in [0.29, 0.717) is 18.8 Å². The average Bonchev–Trinajstić information content (AvgIpc) is 3.36. The highest BCUT2D eigenvalue weighted by molar-refractivity contribution is 5.99. The van der Waals surface area contributed by atoms with Gasteiger partial charge in [0.1, 0.15) is 11.4 Å². The molecule has 1 amide bonds. The van der Waals surface area contributed by atoms with Gasteiger partial charge in [0.2, 0.25) is 0 Å². The maximum absolute atomic E-state index is 13.1. The summed E-state index contributed by atoms with van der Waals surface area (Å²) in [5.74, 6) is 1.27. The van der Waals surface area contributed by atoms with Gasteiger partial charge < -0.3 is 14.6 Å². The van der Waals surface area contributed by atoms with Gasteiger partial charge in [-0.1, -0.05) is 11.6 Å². The second-order valence-corrected chi connectivity index (χ2v) is 7.88. The van der Waals surface area contributed by atoms with Crippen LogP contribution in [0.1, 0.15) is 57.6 Å². The lowest BCUT2D eigenvalue weighted by Gasteiger charge is -2.28. The van der Waals surface area contributed by atoms with E-state index in [9.17, 15) is 4.79 Å². The average molecular weight is 376 g/mol. The largest absolute Gasteiger partial charge is 0.451 e. The van der Waals surface area contributed by atoms with E-state index in [2.05, 4.69) is 16.4 Å². The van der Waals surface area contributed by atoms with E-state index in [1.165, 1.54) is 6.42 Å². The first-order valence-corrected chi connectivity index (χ1v) is 9.97. The van der Waals surface area contributed by atoms with Crippen molar-refractivity contribution in [3.8, 4) is 0 Å². The molecule has 0 unspecified atom stereocenters. The third kappa shape index (κ3) is 2.88. The van der Waals surface area contributed by atoms with Crippen molar-refractivity contribution in [2.75, 3.05) is 13.1 Å². The molecule has 1 aromatic carbocycles. The molecular formula is C22H24N4O2. The Labute approximate surface area is 164 Å². The number of furan rings is 1. The maximum Gasteiger partial charge on any atom is 0.290 e. The van der Waals surface area contributed by atoms with Crippen LogP contribution in [0.15, 0.2) is 28.8 Å². The van der Waals surface area contributed by atoms with E-state index in [-0.39, 0.29) is 11.9 Å². The summed E-state index contributed by atoms with van der Waals surface area (Å²) in [5.41, 5.74) is 4.94. The Bertz CT molecular complexity index is 1070. The summed E-state index contributed by atoms with van der Waals surface area (Å²) >= 11 is 0. The van der Waals surface area contributed by atoms with Crippen LogP contribution in [0.5, 0.6) is 0 Å². The quantitative estimate of drug-likeness (QED) is 0.742. The van der Waals surface area contributed by atoms with E-state index in [1.54, 1.807) is 0 Å². The Morgan fingerprint density at radius 1 is 1.32 bits per heavy atom. The Morgan fingerprint density at radius 2 is 2.21 bits per heavy atom. The van der Waals surface area contributed by atoms with Crippen molar-refractivity contribution in [2.45, 2.75) is 45.7 Å². The molecule has 6 nitrogen and oxygen atoms in total. The standard InChI is InChI=1S/C22H24N4O2/c1-13-5-6-19-16(10-13)14(2)20(28-19)22(27)26-9-7-17-15(12-26)11-24-21(25-17)18-4-3-8-23-18/h5-6,10-11,18,23H,3-4,7-9,12H2,1-2H3/t18-/m0/s1. The molecule has 0 radical (unpaired) electrons. The van der Waals surface area contributed by atoms with Crippen molar-refractivity contribution in [1.82, 2.24) is 20.2 Å². The van der Waals surface area contributed by atoms with Gasteiger partial charge >= 0.3 is 0 Å². The van der Waals surface area contributed by atoms with Crippen LogP contribution in [-0.4, -0.2) is 33.9 Å². The number of nitrogens with one attached hydrogen (secondary N) is 1. The van der Waals surface area contributed by atoms with Gasteiger partial charge in [0.25, 0.3) is 5.91 Å². The first-order chi connectivity index (χ1) is 13.6. The third-order valence-electron chi connectivity index (χ3n) is 5.90. The Balaban J connectivity index is 1.40. The fourth-order valence-electron chi connectivity index (χ4n) is 4.26. The van der Waals surface area contributed by atoms with Gasteiger partial charge in [-0.25, -0.2) is 9.97 Å². The van der Waals surface area contributed by atoms with Crippen LogP contribution in [0.4, 0.5) is 0 Å². The molecule has 0 aliphatic carbocycles. The molecule has 1 saturated heterocycles. The molecule has 2 aromatic heterocycles. The first-order valence-electron chi connectivity index (χ1n) is 9.97. The van der Waals surface area contributed by atoms with E-state index < -0.39 is 0 Å². The summed E-state index contributed by atoms with van der Waals surface area (Å²) in [6, 6.07) is 6.28. The number of hydrogen-bond acceptors (Lipinski definition) is 5. The summed E-state index contributed by atoms with van der Waals surface area (Å²) in [7, 11) is 0. The van der Waals surface area contributed by atoms with Crippen molar-refractivity contribution in [1.29, 1.82) is 0 Å². The predicted octanol–water partition coefficient (Wildman–Crippen LogP) is 3.46. The lowest BCUT2D eigenvalue weighted by Crippen LogP contribution is -2.37. The number of carbonyl (C=O) groups excluding carboxylic acids is 1. The number of carbonyl (C=O) groups is 1. The van der Waals surface area contributed by atoms with Crippen LogP contribution in [0.3, 0.4) is 0 Å². The molecule has 2 aliphatic rings. The fraction of sp³-hybridized carbons (Fsp3) is 0.409. The first kappa shape index (κ1) is 17.4. The van der Waals surface area contributed by atoms with Crippen molar-refractivity contribution in [3.63, 3.8) is 0 Å². The minimum atomic E-state index is -0.0569. The highest BCUT2D eigenvalue weighted by atomic mass is 16.3. The molecule has 0 saturated carbocycles. The molecule has 4 heterocycles. The van der Waals surface area contributed by atoms with Crippen LogP contribution in [0.25, 0.3) is 11.0 Å². The summed E-state index contributed by atoms with van der Waals surface area (Å²) in [4.78, 5) is 24.3. The van der Waals surface area contributed by atoms with Crippen LogP contribution >= 0.6 is 0 Å². The zero-order valence-corrected chi connectivity index (χ0v) is 16.3. The summed E-state index contributed by atoms with van der Waals surface area (Å²) in [6.45, 7) is 6.21. The number of benzene rings is 1. The van der Waals surface area contributed by atoms with Crippen LogP contribution in [-0.2, 0) is 13.0 Å². The number of aryl methyl sites for hydroxylation is 2. The lowest BCUT2D eigenvalue weighted by molar-refractivity contribution is 0.0702. The van der Waals surface area contributed by atoms with Gasteiger partial charge in [-0.15, -0.1) is 0 Å². The number of nitrogens with zero attached hydrogens (tertiary/aromatic N) is 3. The molecule has 6 heteroatoms. The number of hydrogen-bond donors (Lipinski definition) is 1. The summed E-state index contributed by atoms with van der Waals surface area (Å²) < 4.78 is 5.91. The minimum Gasteiger partial charge on any atom is -0.451 e. The Hall–Kier alpha value is -2.73. The van der Waals surface area contributed by atoms with Crippen LogP contribution < -0.4 is 5.32 Å². The summed E-state index contributed by atoms with van der Waals surface area (Å²) in [5, 5.41) is 4.46. The van der Waals surface area contributed by atoms with E-state index in [4.69, 9.17) is 9.40 Å². The van der Waals surface area contributed by atoms with Gasteiger partial charge in [-0.05, 0) is 45.4 Å². The SMILES string of the molecule is Cc1ccc2oc(C(=O)N3CCc4nc([C@@H]5CCCN5)ncc4C3)c(C)c2c1. The molecule has 3 aromatic rings. The molecule has 0 bridgehead atoms. The second kappa shape index (κ2) is 6.71. The van der Waals surface area contributed by atoms with Crippen molar-refractivity contribution < 1.29 is 9.21 Å². The molecule has 0 spiro atoms. The zero-order chi connectivity index (χ0) is 19.3. The topological polar surface area (TPSA) is 71.3 Å². The Kier molecular flexibility index (Phi) is 4.16. The molecule has 2 aliphatic heterocycles. The van der Waals surface area contributed by atoms with Gasteiger partial charge in [-0.2, -0.15) is 0 Å². The fourth-order valence-corrected chi connectivity index (χ4v) is 4.26. The van der Waals surface area contributed by atoms with Gasteiger partial charge in [0.15, 0.2) is 5.76 Å². The number of aromatic nitrogens is 2. The lowest BCUT2D eigenvalue weighted by atomic mass is 10.1. The second-order valence-electron chi connectivity index (χ2n) is 7.88. The number of amides is 1. The number of fused-ring (bicyclic) bond motifs is 2. The highest BCUT2D eigenvalue weighted by Gasteiger charge is 2.28. The molecule has 144 valence electrons. The smallest absolute Gasteiger partial charge is 0.290 e. The maximum atomic E-state index is 13.1. The van der Waals surface area contributed by atoms with Crippen molar-refractivity contribution in [2.24, 2.45) is 0 Å². The molecule has 1 fully saturated rings. The normalized spacial score (nSPS) is 19.2. The van der Waals surface area contributed by atoms with E-state index in [0.717, 1.165) is 58.6 Å². The highest BCUT2D eigenvalue weighted by Crippen LogP contribution is 2.29. The van der Waals surface area contributed by atoms with Crippen LogP contribution in [0.2, 0.25) is 0 Å². The van der Waals surface area contributed by atoms with Gasteiger partial charge in [-0.3, -0.25) is 4.79 Å². The van der Waals surface area contributed by atoms with Crippen molar-refractivity contribution in [3.05, 3.63) is 58.4 Å². The van der Waals surface area contributed by atoms with E-state index in [1.807, 2.05) is 37.1 Å². The van der Waals surface area contributed by atoms with Crippen molar-refractivity contribution >= 4 is 16.9 Å². The summed E-state index contributed by atoms with van der Waals surface area (Å²) in [6.07, 6.45) is 4.91. The zero-order valence-electron chi connectivity index (χ0n) is 16.3. The van der Waals surface area contributed by atoms with E-state index >= 15 is 0 Å². The molecular weight excluding hydrogens is 352 g/mol. The molecule has 1 atom stereocenters. The number of rotatable bonds is 2. The van der Waals surface area contributed by atoms with Crippen LogP contribution in [0, 0.1) is 13.8 Å². The Morgan fingerprint density at radius 3 is 3.04 bits per heavy atom. The molecule has 1 N–H and O–H groups in total. The third-order valence-corrected chi connectivity index (χ3v) is 5.90. The molecule has 5 rings (SSSR count). The predicted molar refractivity (Wildman–Crippen MR) is 106 cm³/mol. The minimum absolute atomic E-state index is 0.0569. The molecule has 28 heavy (non-hydrogen) atoms.